The number of benzene rings is 1. The zero-order valence-electron chi connectivity index (χ0n) is 9.61. The van der Waals surface area contributed by atoms with Crippen molar-refractivity contribution in [1.82, 2.24) is 5.32 Å². The second kappa shape index (κ2) is 5.25. The van der Waals surface area contributed by atoms with Gasteiger partial charge < -0.3 is 20.5 Å². The highest BCUT2D eigenvalue weighted by molar-refractivity contribution is 5.71. The third-order valence-electron chi connectivity index (χ3n) is 1.74. The summed E-state index contributed by atoms with van der Waals surface area (Å²) < 4.78 is 10.5. The van der Waals surface area contributed by atoms with Gasteiger partial charge in [-0.1, -0.05) is 0 Å². The average molecular weight is 224 g/mol. The van der Waals surface area contributed by atoms with E-state index in [4.69, 9.17) is 15.2 Å². The van der Waals surface area contributed by atoms with Crippen LogP contribution in [0.3, 0.4) is 0 Å². The third-order valence-corrected chi connectivity index (χ3v) is 1.74. The fourth-order valence-electron chi connectivity index (χ4n) is 1.11. The van der Waals surface area contributed by atoms with Crippen molar-refractivity contribution in [1.29, 1.82) is 0 Å². The first-order valence-electron chi connectivity index (χ1n) is 4.98. The van der Waals surface area contributed by atoms with E-state index in [0.717, 1.165) is 0 Å². The van der Waals surface area contributed by atoms with Crippen LogP contribution in [0.15, 0.2) is 18.2 Å². The largest absolute Gasteiger partial charge is 0.487 e. The van der Waals surface area contributed by atoms with E-state index in [1.165, 1.54) is 7.05 Å². The second-order valence-electron chi connectivity index (χ2n) is 3.51. The van der Waals surface area contributed by atoms with E-state index in [2.05, 4.69) is 5.32 Å². The molecule has 0 saturated heterocycles. The molecule has 0 fully saturated rings. The lowest BCUT2D eigenvalue weighted by Gasteiger charge is -2.14. The number of rotatable bonds is 3. The van der Waals surface area contributed by atoms with E-state index in [0.29, 0.717) is 17.2 Å². The maximum atomic E-state index is 11.1. The topological polar surface area (TPSA) is 73.6 Å². The van der Waals surface area contributed by atoms with Crippen LogP contribution in [0.4, 0.5) is 10.5 Å². The Labute approximate surface area is 94.5 Å². The molecule has 0 aromatic heterocycles. The zero-order chi connectivity index (χ0) is 12.1. The minimum absolute atomic E-state index is 0.00402. The Balaban J connectivity index is 2.93. The molecule has 0 heterocycles. The number of nitrogen functional groups attached to an aromatic ring is 1. The molecule has 5 nitrogen and oxygen atoms in total. The van der Waals surface area contributed by atoms with Gasteiger partial charge in [0.2, 0.25) is 0 Å². The Bertz CT molecular complexity index is 377. The van der Waals surface area contributed by atoms with Crippen molar-refractivity contribution < 1.29 is 14.3 Å². The van der Waals surface area contributed by atoms with Gasteiger partial charge in [0.15, 0.2) is 11.5 Å². The van der Waals surface area contributed by atoms with E-state index in [-0.39, 0.29) is 6.10 Å². The molecule has 0 aliphatic rings. The van der Waals surface area contributed by atoms with Crippen molar-refractivity contribution in [3.05, 3.63) is 18.2 Å². The normalized spacial score (nSPS) is 10.0. The number of carbonyl (C=O) groups is 1. The van der Waals surface area contributed by atoms with Crippen LogP contribution < -0.4 is 20.5 Å². The number of hydrogen-bond acceptors (Lipinski definition) is 4. The van der Waals surface area contributed by atoms with Gasteiger partial charge in [-0.2, -0.15) is 0 Å². The van der Waals surface area contributed by atoms with Gasteiger partial charge in [-0.3, -0.25) is 0 Å². The molecule has 0 saturated carbocycles. The lowest BCUT2D eigenvalue weighted by Crippen LogP contribution is -2.22. The standard InChI is InChI=1S/C11H16N2O3/c1-7(2)15-9-5-4-8(12)6-10(9)16-11(14)13-3/h4-7H,12H2,1-3H3,(H,13,14). The van der Waals surface area contributed by atoms with Crippen LogP contribution in [0.2, 0.25) is 0 Å². The number of nitrogens with two attached hydrogens (primary N) is 1. The number of hydrogen-bond donors (Lipinski definition) is 2. The van der Waals surface area contributed by atoms with Crippen molar-refractivity contribution in [3.63, 3.8) is 0 Å². The molecule has 0 aliphatic carbocycles. The molecular formula is C11H16N2O3. The van der Waals surface area contributed by atoms with E-state index in [1.54, 1.807) is 18.2 Å². The van der Waals surface area contributed by atoms with Crippen molar-refractivity contribution >= 4 is 11.8 Å². The van der Waals surface area contributed by atoms with Crippen LogP contribution in [0.1, 0.15) is 13.8 Å². The molecule has 0 bridgehead atoms. The van der Waals surface area contributed by atoms with Gasteiger partial charge in [0.25, 0.3) is 0 Å². The Morgan fingerprint density at radius 2 is 2.06 bits per heavy atom. The fourth-order valence-corrected chi connectivity index (χ4v) is 1.11. The summed E-state index contributed by atoms with van der Waals surface area (Å²) in [6.07, 6.45) is -0.560. The van der Waals surface area contributed by atoms with E-state index < -0.39 is 6.09 Å². The number of ether oxygens (including phenoxy) is 2. The smallest absolute Gasteiger partial charge is 0.412 e. The molecule has 1 aromatic carbocycles. The Morgan fingerprint density at radius 1 is 1.38 bits per heavy atom. The average Bonchev–Trinajstić information content (AvgIpc) is 2.21. The molecule has 1 amide bonds. The van der Waals surface area contributed by atoms with Gasteiger partial charge in [-0.05, 0) is 26.0 Å². The molecular weight excluding hydrogens is 208 g/mol. The molecule has 16 heavy (non-hydrogen) atoms. The summed E-state index contributed by atoms with van der Waals surface area (Å²) in [5.74, 6) is 0.806. The summed E-state index contributed by atoms with van der Waals surface area (Å²) in [4.78, 5) is 11.1. The van der Waals surface area contributed by atoms with Gasteiger partial charge >= 0.3 is 6.09 Å². The fraction of sp³-hybridized carbons (Fsp3) is 0.364. The Kier molecular flexibility index (Phi) is 3.99. The molecule has 0 spiro atoms. The van der Waals surface area contributed by atoms with Gasteiger partial charge in [0, 0.05) is 18.8 Å². The van der Waals surface area contributed by atoms with Crippen LogP contribution in [0, 0.1) is 0 Å². The summed E-state index contributed by atoms with van der Waals surface area (Å²) in [6, 6.07) is 4.91. The minimum Gasteiger partial charge on any atom is -0.487 e. The molecule has 0 aliphatic heterocycles. The Hall–Kier alpha value is -1.91. The highest BCUT2D eigenvalue weighted by Gasteiger charge is 2.10. The van der Waals surface area contributed by atoms with Gasteiger partial charge in [-0.15, -0.1) is 0 Å². The predicted octanol–water partition coefficient (Wildman–Crippen LogP) is 1.77. The van der Waals surface area contributed by atoms with Crippen LogP contribution in [0.25, 0.3) is 0 Å². The third kappa shape index (κ3) is 3.34. The number of amides is 1. The minimum atomic E-state index is -0.556. The van der Waals surface area contributed by atoms with Gasteiger partial charge in [0.1, 0.15) is 0 Å². The lowest BCUT2D eigenvalue weighted by atomic mass is 10.3. The first-order valence-corrected chi connectivity index (χ1v) is 4.98. The molecule has 5 heteroatoms. The lowest BCUT2D eigenvalue weighted by molar-refractivity contribution is 0.194. The highest BCUT2D eigenvalue weighted by Crippen LogP contribution is 2.30. The molecule has 0 radical (unpaired) electrons. The van der Waals surface area contributed by atoms with Gasteiger partial charge in [0.05, 0.1) is 6.10 Å². The predicted molar refractivity (Wildman–Crippen MR) is 61.7 cm³/mol. The molecule has 0 unspecified atom stereocenters. The van der Waals surface area contributed by atoms with E-state index >= 15 is 0 Å². The van der Waals surface area contributed by atoms with Crippen LogP contribution in [0.5, 0.6) is 11.5 Å². The van der Waals surface area contributed by atoms with Crippen molar-refractivity contribution in [2.24, 2.45) is 0 Å². The molecule has 3 N–H and O–H groups in total. The first kappa shape index (κ1) is 12.2. The summed E-state index contributed by atoms with van der Waals surface area (Å²) in [5.41, 5.74) is 6.12. The monoisotopic (exact) mass is 224 g/mol. The number of anilines is 1. The van der Waals surface area contributed by atoms with Crippen LogP contribution in [-0.2, 0) is 0 Å². The van der Waals surface area contributed by atoms with Crippen molar-refractivity contribution in [2.45, 2.75) is 20.0 Å². The number of nitrogens with one attached hydrogen (secondary N) is 1. The SMILES string of the molecule is CNC(=O)Oc1cc(N)ccc1OC(C)C. The summed E-state index contributed by atoms with van der Waals surface area (Å²) >= 11 is 0. The summed E-state index contributed by atoms with van der Waals surface area (Å²) in [7, 11) is 1.48. The van der Waals surface area contributed by atoms with Gasteiger partial charge in [-0.25, -0.2) is 4.79 Å². The molecule has 0 atom stereocenters. The van der Waals surface area contributed by atoms with Crippen LogP contribution in [-0.4, -0.2) is 19.2 Å². The summed E-state index contributed by atoms with van der Waals surface area (Å²) in [5, 5.41) is 2.36. The second-order valence-corrected chi connectivity index (χ2v) is 3.51. The molecule has 1 rings (SSSR count). The van der Waals surface area contributed by atoms with Crippen LogP contribution >= 0.6 is 0 Å². The van der Waals surface area contributed by atoms with E-state index in [1.807, 2.05) is 13.8 Å². The zero-order valence-corrected chi connectivity index (χ0v) is 9.61. The Morgan fingerprint density at radius 3 is 2.62 bits per heavy atom. The van der Waals surface area contributed by atoms with Crippen molar-refractivity contribution in [2.75, 3.05) is 12.8 Å². The molecule has 88 valence electrons. The maximum absolute atomic E-state index is 11.1. The maximum Gasteiger partial charge on any atom is 0.412 e. The highest BCUT2D eigenvalue weighted by atomic mass is 16.6. The first-order chi connectivity index (χ1) is 7.52. The van der Waals surface area contributed by atoms with E-state index in [9.17, 15) is 4.79 Å². The summed E-state index contributed by atoms with van der Waals surface area (Å²) in [6.45, 7) is 3.78. The number of carbonyl (C=O) groups excluding carboxylic acids is 1. The van der Waals surface area contributed by atoms with Crippen molar-refractivity contribution in [3.8, 4) is 11.5 Å². The molecule has 1 aromatic rings. The quantitative estimate of drug-likeness (QED) is 0.767.